The van der Waals surface area contributed by atoms with E-state index >= 15 is 0 Å². The molecule has 9 heteroatoms. The number of hydrogen-bond acceptors (Lipinski definition) is 6. The van der Waals surface area contributed by atoms with Crippen molar-refractivity contribution in [2.75, 3.05) is 23.8 Å². The van der Waals surface area contributed by atoms with Crippen molar-refractivity contribution in [1.29, 1.82) is 0 Å². The van der Waals surface area contributed by atoms with E-state index in [1.54, 1.807) is 38.1 Å². The van der Waals surface area contributed by atoms with Crippen molar-refractivity contribution in [3.63, 3.8) is 0 Å². The van der Waals surface area contributed by atoms with E-state index in [2.05, 4.69) is 10.6 Å². The number of nitrogens with one attached hydrogen (secondary N) is 2. The van der Waals surface area contributed by atoms with Crippen LogP contribution in [-0.2, 0) is 40.9 Å². The quantitative estimate of drug-likeness (QED) is 0.358. The molecule has 0 spiro atoms. The molecular formula is C24H30N2O6Ti-4. The molecule has 0 aliphatic carbocycles. The average Bonchev–Trinajstić information content (AvgIpc) is 2.70. The van der Waals surface area contributed by atoms with Crippen LogP contribution in [0.1, 0.15) is 27.7 Å². The number of rotatable bonds is 6. The molecule has 2 aromatic carbocycles. The van der Waals surface area contributed by atoms with Crippen LogP contribution in [0.15, 0.2) is 60.7 Å². The van der Waals surface area contributed by atoms with Crippen molar-refractivity contribution in [2.24, 2.45) is 0 Å². The fourth-order valence-corrected chi connectivity index (χ4v) is 1.77. The van der Waals surface area contributed by atoms with Gasteiger partial charge in [0.05, 0.1) is 11.8 Å². The number of anilines is 2. The second kappa shape index (κ2) is 23.8. The Labute approximate surface area is 210 Å². The van der Waals surface area contributed by atoms with E-state index in [4.69, 9.17) is 10.2 Å². The van der Waals surface area contributed by atoms with Gasteiger partial charge in [-0.1, -0.05) is 50.2 Å². The Hall–Kier alpha value is -2.91. The third-order valence-corrected chi connectivity index (χ3v) is 2.75. The topological polar surface area (TPSA) is 138 Å². The van der Waals surface area contributed by atoms with Crippen LogP contribution >= 0.6 is 0 Å². The predicted molar refractivity (Wildman–Crippen MR) is 121 cm³/mol. The monoisotopic (exact) mass is 490 g/mol. The number of Topliss-reactive ketones (excluding diaryl/α,β-unsaturated/α-hetero) is 2. The van der Waals surface area contributed by atoms with Crippen LogP contribution in [0, 0.1) is 12.8 Å². The zero-order valence-corrected chi connectivity index (χ0v) is 20.9. The molecule has 0 saturated carbocycles. The van der Waals surface area contributed by atoms with E-state index in [1.165, 1.54) is 13.8 Å². The first-order chi connectivity index (χ1) is 15.2. The number of benzene rings is 2. The molecule has 0 unspecified atom stereocenters. The van der Waals surface area contributed by atoms with Crippen LogP contribution in [0.25, 0.3) is 0 Å². The third-order valence-electron chi connectivity index (χ3n) is 2.75. The normalized spacial score (nSPS) is 8.18. The molecule has 0 bridgehead atoms. The number of carbonyl (C=O) groups excluding carboxylic acids is 4. The first-order valence-electron chi connectivity index (χ1n) is 9.78. The summed E-state index contributed by atoms with van der Waals surface area (Å²) in [5.41, 5.74) is 1.37. The maximum atomic E-state index is 11.0. The van der Waals surface area contributed by atoms with E-state index in [0.717, 1.165) is 12.8 Å². The molecule has 0 aliphatic heterocycles. The van der Waals surface area contributed by atoms with E-state index in [-0.39, 0.29) is 46.5 Å². The minimum Gasteiger partial charge on any atom is -0.855 e. The summed E-state index contributed by atoms with van der Waals surface area (Å²) in [5, 5.41) is 23.0. The second-order valence-electron chi connectivity index (χ2n) is 5.80. The molecule has 180 valence electrons. The summed E-state index contributed by atoms with van der Waals surface area (Å²) in [6, 6.07) is 18.0. The Kier molecular flexibility index (Phi) is 25.0. The van der Waals surface area contributed by atoms with Gasteiger partial charge in [-0.2, -0.15) is 0 Å². The summed E-state index contributed by atoms with van der Waals surface area (Å²) in [6.45, 7) is 5.81. The van der Waals surface area contributed by atoms with Gasteiger partial charge in [-0.25, -0.2) is 12.8 Å². The minimum atomic E-state index is -0.390. The van der Waals surface area contributed by atoms with Gasteiger partial charge in [0.25, 0.3) is 0 Å². The van der Waals surface area contributed by atoms with Crippen LogP contribution in [0.4, 0.5) is 11.4 Å². The SMILES string of the molecule is CC(=O)[CH-]C(=O)Nc1ccccc1.CC(=O)[CH-]C(=O)Nc1ccccc1.CC[O-].CC[O-].[Ti]. The van der Waals surface area contributed by atoms with Gasteiger partial charge < -0.3 is 40.0 Å². The fraction of sp³-hybridized carbons (Fsp3) is 0.250. The maximum Gasteiger partial charge on any atom is 0.0933 e. The maximum absolute atomic E-state index is 11.0. The van der Waals surface area contributed by atoms with Crippen LogP contribution in [0.5, 0.6) is 0 Å². The van der Waals surface area contributed by atoms with Crippen molar-refractivity contribution < 1.29 is 51.1 Å². The zero-order chi connectivity index (χ0) is 24.8. The Morgan fingerprint density at radius 2 is 0.909 bits per heavy atom. The summed E-state index contributed by atoms with van der Waals surface area (Å²) < 4.78 is 0. The molecule has 2 N–H and O–H groups in total. The molecule has 8 nitrogen and oxygen atoms in total. The van der Waals surface area contributed by atoms with Gasteiger partial charge in [0.15, 0.2) is 0 Å². The molecule has 2 rings (SSSR count). The van der Waals surface area contributed by atoms with Crippen molar-refractivity contribution in [1.82, 2.24) is 0 Å². The van der Waals surface area contributed by atoms with Gasteiger partial charge in [-0.15, -0.1) is 13.2 Å². The Balaban J connectivity index is -0.000000430. The Morgan fingerprint density at radius 1 is 0.667 bits per heavy atom. The molecular weight excluding hydrogens is 460 g/mol. The number of ketones is 2. The molecule has 0 radical (unpaired) electrons. The summed E-state index contributed by atoms with van der Waals surface area (Å²) in [4.78, 5) is 43.1. The number of carbonyl (C=O) groups is 4. The summed E-state index contributed by atoms with van der Waals surface area (Å²) >= 11 is 0. The van der Waals surface area contributed by atoms with Crippen LogP contribution in [0.3, 0.4) is 0 Å². The van der Waals surface area contributed by atoms with E-state index in [9.17, 15) is 19.2 Å². The van der Waals surface area contributed by atoms with E-state index in [0.29, 0.717) is 11.4 Å². The van der Waals surface area contributed by atoms with Gasteiger partial charge >= 0.3 is 0 Å². The van der Waals surface area contributed by atoms with Crippen molar-refractivity contribution in [3.8, 4) is 0 Å². The van der Waals surface area contributed by atoms with Crippen molar-refractivity contribution in [3.05, 3.63) is 73.5 Å². The molecule has 33 heavy (non-hydrogen) atoms. The largest absolute Gasteiger partial charge is 0.855 e. The van der Waals surface area contributed by atoms with Crippen LogP contribution < -0.4 is 20.8 Å². The molecule has 0 heterocycles. The molecule has 2 aromatic rings. The standard InChI is InChI=1S/2C10H10NO2.2C2H5O.Ti/c2*1-8(12)7-10(13)11-9-5-3-2-4-6-9;2*1-2-3;/h2*2-7H,1H3,(H,11,13);2*2H2,1H3;/q4*-1;. The molecule has 0 atom stereocenters. The van der Waals surface area contributed by atoms with Gasteiger partial charge in [-0.05, 0) is 38.1 Å². The third kappa shape index (κ3) is 25.2. The van der Waals surface area contributed by atoms with Crippen LogP contribution in [0.2, 0.25) is 0 Å². The van der Waals surface area contributed by atoms with Crippen molar-refractivity contribution in [2.45, 2.75) is 27.7 Å². The molecule has 0 aliphatic rings. The van der Waals surface area contributed by atoms with Gasteiger partial charge in [-0.3, -0.25) is 0 Å². The number of hydrogen-bond donors (Lipinski definition) is 2. The van der Waals surface area contributed by atoms with E-state index < -0.39 is 11.8 Å². The Bertz CT molecular complexity index is 719. The van der Waals surface area contributed by atoms with Crippen LogP contribution in [-0.4, -0.2) is 36.6 Å². The van der Waals surface area contributed by atoms with Gasteiger partial charge in [0.2, 0.25) is 0 Å². The number of para-hydroxylation sites is 2. The zero-order valence-electron chi connectivity index (χ0n) is 19.3. The summed E-state index contributed by atoms with van der Waals surface area (Å²) in [6.07, 6.45) is 2.04. The molecule has 0 saturated heterocycles. The van der Waals surface area contributed by atoms with E-state index in [1.807, 2.05) is 36.4 Å². The molecule has 2 amide bonds. The van der Waals surface area contributed by atoms with Gasteiger partial charge in [0.1, 0.15) is 0 Å². The summed E-state index contributed by atoms with van der Waals surface area (Å²) in [5.74, 6) is -1.29. The smallest absolute Gasteiger partial charge is 0.0933 e. The predicted octanol–water partition coefficient (Wildman–Crippen LogP) is 1.57. The van der Waals surface area contributed by atoms with Crippen molar-refractivity contribution >= 4 is 34.8 Å². The van der Waals surface area contributed by atoms with Gasteiger partial charge in [0, 0.05) is 44.7 Å². The molecule has 0 fully saturated rings. The second-order valence-corrected chi connectivity index (χ2v) is 5.80. The molecule has 0 aromatic heterocycles. The average molecular weight is 490 g/mol. The Morgan fingerprint density at radius 3 is 1.12 bits per heavy atom. The first kappa shape index (κ1) is 34.7. The first-order valence-corrected chi connectivity index (χ1v) is 9.78. The summed E-state index contributed by atoms with van der Waals surface area (Å²) in [7, 11) is 0. The number of amides is 2. The fourth-order valence-electron chi connectivity index (χ4n) is 1.77. The minimum absolute atomic E-state index is 0.